The van der Waals surface area contributed by atoms with Crippen molar-refractivity contribution < 1.29 is 14.3 Å². The zero-order chi connectivity index (χ0) is 18.0. The van der Waals surface area contributed by atoms with Gasteiger partial charge in [-0.3, -0.25) is 14.2 Å². The van der Waals surface area contributed by atoms with Gasteiger partial charge in [-0.1, -0.05) is 23.9 Å². The summed E-state index contributed by atoms with van der Waals surface area (Å²) in [5.41, 5.74) is 0.629. The maximum atomic E-state index is 12.9. The third-order valence-electron chi connectivity index (χ3n) is 4.07. The molecule has 0 N–H and O–H groups in total. The molecule has 0 radical (unpaired) electrons. The van der Waals surface area contributed by atoms with Crippen molar-refractivity contribution in [1.29, 1.82) is 0 Å². The van der Waals surface area contributed by atoms with Gasteiger partial charge in [0.15, 0.2) is 5.16 Å². The first kappa shape index (κ1) is 17.2. The number of rotatable bonds is 3. The molecule has 130 valence electrons. The number of methoxy groups -OCH3 is 1. The number of aromatic nitrogens is 2. The highest BCUT2D eigenvalue weighted by atomic mass is 32.2. The lowest BCUT2D eigenvalue weighted by molar-refractivity contribution is -0.122. The van der Waals surface area contributed by atoms with E-state index in [-0.39, 0.29) is 23.9 Å². The fourth-order valence-electron chi connectivity index (χ4n) is 2.74. The van der Waals surface area contributed by atoms with Gasteiger partial charge in [-0.15, -0.1) is 0 Å². The summed E-state index contributed by atoms with van der Waals surface area (Å²) in [6, 6.07) is 8.16. The van der Waals surface area contributed by atoms with E-state index in [1.165, 1.54) is 40.6 Å². The van der Waals surface area contributed by atoms with Crippen molar-refractivity contribution in [3.8, 4) is 0 Å². The van der Waals surface area contributed by atoms with E-state index in [2.05, 4.69) is 4.98 Å². The van der Waals surface area contributed by atoms with Gasteiger partial charge in [-0.2, -0.15) is 0 Å². The predicted molar refractivity (Wildman–Crippen MR) is 93.9 cm³/mol. The second-order valence-corrected chi connectivity index (χ2v) is 6.58. The van der Waals surface area contributed by atoms with Crippen molar-refractivity contribution in [3.05, 3.63) is 52.4 Å². The van der Waals surface area contributed by atoms with Gasteiger partial charge in [0.05, 0.1) is 24.3 Å². The van der Waals surface area contributed by atoms with Gasteiger partial charge in [-0.05, 0) is 12.1 Å². The molecule has 0 bridgehead atoms. The molecule has 25 heavy (non-hydrogen) atoms. The normalized spacial score (nSPS) is 16.0. The number of nitrogens with zero attached hydrogens (tertiary/aromatic N) is 3. The monoisotopic (exact) mass is 359 g/mol. The molecule has 2 aromatic rings. The Balaban J connectivity index is 1.86. The Bertz CT molecular complexity index is 880. The first-order valence-electron chi connectivity index (χ1n) is 7.66. The molecule has 1 aliphatic heterocycles. The number of hydrogen-bond donors (Lipinski definition) is 0. The van der Waals surface area contributed by atoms with Gasteiger partial charge in [0.25, 0.3) is 5.56 Å². The highest BCUT2D eigenvalue weighted by Gasteiger charge is 2.30. The van der Waals surface area contributed by atoms with Crippen LogP contribution in [0.25, 0.3) is 0 Å². The van der Waals surface area contributed by atoms with Crippen LogP contribution in [0.3, 0.4) is 0 Å². The number of thioether (sulfide) groups is 1. The van der Waals surface area contributed by atoms with Crippen LogP contribution >= 0.6 is 11.8 Å². The maximum Gasteiger partial charge on any atom is 0.339 e. The Morgan fingerprint density at radius 2 is 2.08 bits per heavy atom. The van der Waals surface area contributed by atoms with Crippen LogP contribution in [-0.4, -0.2) is 41.3 Å². The Hall–Kier alpha value is -2.61. The summed E-state index contributed by atoms with van der Waals surface area (Å²) in [5.74, 6) is -0.514. The second-order valence-electron chi connectivity index (χ2n) is 5.59. The van der Waals surface area contributed by atoms with Gasteiger partial charge in [-0.25, -0.2) is 9.78 Å². The molecule has 1 amide bonds. The molecule has 1 unspecified atom stereocenters. The van der Waals surface area contributed by atoms with Gasteiger partial charge < -0.3 is 9.64 Å². The minimum Gasteiger partial charge on any atom is -0.465 e. The summed E-state index contributed by atoms with van der Waals surface area (Å²) >= 11 is 1.38. The summed E-state index contributed by atoms with van der Waals surface area (Å²) in [6.07, 6.45) is 1.47. The third kappa shape index (κ3) is 3.30. The Morgan fingerprint density at radius 1 is 1.32 bits per heavy atom. The van der Waals surface area contributed by atoms with Gasteiger partial charge in [0.2, 0.25) is 5.91 Å². The van der Waals surface area contributed by atoms with Crippen LogP contribution in [0.2, 0.25) is 0 Å². The van der Waals surface area contributed by atoms with Gasteiger partial charge in [0, 0.05) is 31.6 Å². The fourth-order valence-corrected chi connectivity index (χ4v) is 3.79. The fraction of sp³-hybridized carbons (Fsp3) is 0.294. The van der Waals surface area contributed by atoms with Crippen molar-refractivity contribution in [3.63, 3.8) is 0 Å². The van der Waals surface area contributed by atoms with E-state index >= 15 is 0 Å². The van der Waals surface area contributed by atoms with E-state index in [1.807, 2.05) is 0 Å². The molecule has 0 spiro atoms. The summed E-state index contributed by atoms with van der Waals surface area (Å²) in [4.78, 5) is 42.4. The molecule has 7 nitrogen and oxygen atoms in total. The molecule has 0 aliphatic carbocycles. The second kappa shape index (κ2) is 7.10. The molecule has 1 atom stereocenters. The number of hydrogen-bond acceptors (Lipinski definition) is 6. The molecule has 1 aromatic heterocycles. The smallest absolute Gasteiger partial charge is 0.339 e. The summed E-state index contributed by atoms with van der Waals surface area (Å²) in [6.45, 7) is 0.276. The van der Waals surface area contributed by atoms with E-state index in [0.717, 1.165) is 0 Å². The average molecular weight is 359 g/mol. The van der Waals surface area contributed by atoms with E-state index < -0.39 is 5.97 Å². The van der Waals surface area contributed by atoms with Crippen molar-refractivity contribution in [2.75, 3.05) is 24.8 Å². The minimum absolute atomic E-state index is 0.162. The zero-order valence-corrected chi connectivity index (χ0v) is 14.7. The molecule has 3 rings (SSSR count). The molecular weight excluding hydrogens is 342 g/mol. The lowest BCUT2D eigenvalue weighted by Crippen LogP contribution is -2.41. The van der Waals surface area contributed by atoms with Crippen molar-refractivity contribution in [2.24, 2.45) is 5.92 Å². The molecule has 1 aliphatic rings. The molecule has 2 heterocycles. The molecule has 1 aromatic carbocycles. The van der Waals surface area contributed by atoms with E-state index in [1.54, 1.807) is 31.3 Å². The van der Waals surface area contributed by atoms with Crippen molar-refractivity contribution in [1.82, 2.24) is 9.55 Å². The summed E-state index contributed by atoms with van der Waals surface area (Å²) in [7, 11) is 2.92. The highest BCUT2D eigenvalue weighted by molar-refractivity contribution is 7.99. The lowest BCUT2D eigenvalue weighted by atomic mass is 10.1. The third-order valence-corrected chi connectivity index (χ3v) is 5.22. The number of para-hydroxylation sites is 1. The highest BCUT2D eigenvalue weighted by Crippen LogP contribution is 2.28. The van der Waals surface area contributed by atoms with E-state index in [4.69, 9.17) is 4.74 Å². The number of carbonyl (C=O) groups excluding carboxylic acids is 2. The molecule has 0 saturated carbocycles. The zero-order valence-electron chi connectivity index (χ0n) is 13.8. The van der Waals surface area contributed by atoms with Crippen molar-refractivity contribution in [2.45, 2.75) is 11.7 Å². The Labute approximate surface area is 148 Å². The van der Waals surface area contributed by atoms with Crippen LogP contribution in [0.5, 0.6) is 0 Å². The Kier molecular flexibility index (Phi) is 4.89. The number of anilines is 1. The first-order valence-corrected chi connectivity index (χ1v) is 8.65. The standard InChI is InChI=1S/C17H17N3O4S/c1-19(13-6-4-3-5-12(13)16(23)24-2)15(22)11-9-20-14(21)7-8-18-17(20)25-10-11/h3-8,11H,9-10H2,1-2H3. The number of carbonyl (C=O) groups is 2. The van der Waals surface area contributed by atoms with Crippen LogP contribution in [0.4, 0.5) is 5.69 Å². The number of fused-ring (bicyclic) bond motifs is 1. The molecular formula is C17H17N3O4S. The van der Waals surface area contributed by atoms with Crippen LogP contribution < -0.4 is 10.5 Å². The molecule has 0 fully saturated rings. The first-order chi connectivity index (χ1) is 12.0. The van der Waals surface area contributed by atoms with Crippen LogP contribution in [0, 0.1) is 5.92 Å². The van der Waals surface area contributed by atoms with Gasteiger partial charge >= 0.3 is 5.97 Å². The molecule has 0 saturated heterocycles. The molecule has 8 heteroatoms. The van der Waals surface area contributed by atoms with E-state index in [0.29, 0.717) is 22.2 Å². The van der Waals surface area contributed by atoms with E-state index in [9.17, 15) is 14.4 Å². The predicted octanol–water partition coefficient (Wildman–Crippen LogP) is 1.41. The number of esters is 1. The minimum atomic E-state index is -0.501. The quantitative estimate of drug-likeness (QED) is 0.609. The maximum absolute atomic E-state index is 12.9. The number of amides is 1. The largest absolute Gasteiger partial charge is 0.465 e. The Morgan fingerprint density at radius 3 is 2.84 bits per heavy atom. The van der Waals surface area contributed by atoms with Gasteiger partial charge in [0.1, 0.15) is 0 Å². The summed E-state index contributed by atoms with van der Waals surface area (Å²) < 4.78 is 6.29. The number of ether oxygens (including phenoxy) is 1. The lowest BCUT2D eigenvalue weighted by Gasteiger charge is -2.28. The van der Waals surface area contributed by atoms with Crippen LogP contribution in [-0.2, 0) is 16.1 Å². The number of benzene rings is 1. The SMILES string of the molecule is COC(=O)c1ccccc1N(C)C(=O)C1CSc2nccc(=O)n2C1. The average Bonchev–Trinajstić information content (AvgIpc) is 2.66. The topological polar surface area (TPSA) is 81.5 Å². The van der Waals surface area contributed by atoms with Crippen LogP contribution in [0.15, 0.2) is 46.5 Å². The summed E-state index contributed by atoms with van der Waals surface area (Å²) in [5, 5.41) is 0.620. The van der Waals surface area contributed by atoms with Crippen LogP contribution in [0.1, 0.15) is 10.4 Å². The van der Waals surface area contributed by atoms with Crippen molar-refractivity contribution >= 4 is 29.3 Å².